The van der Waals surface area contributed by atoms with Crippen LogP contribution in [0.1, 0.15) is 0 Å². The Kier molecular flexibility index (Phi) is 6.06. The van der Waals surface area contributed by atoms with Crippen molar-refractivity contribution in [2.45, 2.75) is 0 Å². The van der Waals surface area contributed by atoms with Crippen molar-refractivity contribution in [2.75, 3.05) is 26.4 Å². The summed E-state index contributed by atoms with van der Waals surface area (Å²) in [6.45, 7) is 1.40. The molecule has 6 nitrogen and oxygen atoms in total. The maximum Gasteiger partial charge on any atom is 0.365 e. The van der Waals surface area contributed by atoms with Crippen molar-refractivity contribution in [1.29, 1.82) is 0 Å². The SMILES string of the molecule is C=CC(=O)OOCC(CO)(CO)CO. The van der Waals surface area contributed by atoms with E-state index in [1.807, 2.05) is 0 Å². The maximum absolute atomic E-state index is 10.5. The molecule has 0 bridgehead atoms. The molecular formula is C8H14O6. The fourth-order valence-electron chi connectivity index (χ4n) is 0.533. The van der Waals surface area contributed by atoms with E-state index in [1.54, 1.807) is 0 Å². The highest BCUT2D eigenvalue weighted by Crippen LogP contribution is 2.14. The van der Waals surface area contributed by atoms with Crippen molar-refractivity contribution in [3.63, 3.8) is 0 Å². The van der Waals surface area contributed by atoms with E-state index in [1.165, 1.54) is 0 Å². The van der Waals surface area contributed by atoms with Gasteiger partial charge in [-0.15, -0.1) is 0 Å². The Morgan fingerprint density at radius 2 is 1.79 bits per heavy atom. The summed E-state index contributed by atoms with van der Waals surface area (Å²) in [6.07, 6.45) is 0.901. The van der Waals surface area contributed by atoms with E-state index in [2.05, 4.69) is 16.4 Å². The highest BCUT2D eigenvalue weighted by molar-refractivity contribution is 5.80. The summed E-state index contributed by atoms with van der Waals surface area (Å²) in [5.41, 5.74) is -1.21. The van der Waals surface area contributed by atoms with E-state index in [0.717, 1.165) is 6.08 Å². The molecule has 0 fully saturated rings. The average Bonchev–Trinajstić information content (AvgIpc) is 2.25. The van der Waals surface area contributed by atoms with E-state index in [-0.39, 0.29) is 6.61 Å². The molecule has 0 aliphatic carbocycles. The monoisotopic (exact) mass is 206 g/mol. The Bertz CT molecular complexity index is 178. The van der Waals surface area contributed by atoms with Gasteiger partial charge in [0.2, 0.25) is 0 Å². The molecule has 0 unspecified atom stereocenters. The summed E-state index contributed by atoms with van der Waals surface area (Å²) in [5, 5.41) is 26.5. The molecule has 6 heteroatoms. The van der Waals surface area contributed by atoms with Gasteiger partial charge in [-0.05, 0) is 0 Å². The highest BCUT2D eigenvalue weighted by Gasteiger charge is 2.29. The maximum atomic E-state index is 10.5. The van der Waals surface area contributed by atoms with Crippen molar-refractivity contribution < 1.29 is 29.9 Å². The first-order valence-electron chi connectivity index (χ1n) is 3.92. The van der Waals surface area contributed by atoms with Gasteiger partial charge in [0.25, 0.3) is 0 Å². The van der Waals surface area contributed by atoms with Gasteiger partial charge in [0.05, 0.1) is 25.2 Å². The van der Waals surface area contributed by atoms with Crippen LogP contribution >= 0.6 is 0 Å². The summed E-state index contributed by atoms with van der Waals surface area (Å²) < 4.78 is 0. The lowest BCUT2D eigenvalue weighted by atomic mass is 9.93. The van der Waals surface area contributed by atoms with Crippen LogP contribution in [-0.2, 0) is 14.6 Å². The van der Waals surface area contributed by atoms with Crippen LogP contribution in [0.2, 0.25) is 0 Å². The molecule has 0 atom stereocenters. The third kappa shape index (κ3) is 3.84. The first-order chi connectivity index (χ1) is 6.64. The molecule has 0 aromatic rings. The first kappa shape index (κ1) is 13.1. The van der Waals surface area contributed by atoms with Crippen LogP contribution in [0.3, 0.4) is 0 Å². The molecule has 0 aliphatic heterocycles. The molecular weight excluding hydrogens is 192 g/mol. The number of hydrogen-bond acceptors (Lipinski definition) is 6. The molecule has 0 aliphatic rings. The van der Waals surface area contributed by atoms with Crippen molar-refractivity contribution in [1.82, 2.24) is 0 Å². The summed E-state index contributed by atoms with van der Waals surface area (Å²) >= 11 is 0. The van der Waals surface area contributed by atoms with Crippen LogP contribution in [0.25, 0.3) is 0 Å². The van der Waals surface area contributed by atoms with E-state index >= 15 is 0 Å². The van der Waals surface area contributed by atoms with Crippen LogP contribution in [0.15, 0.2) is 12.7 Å². The van der Waals surface area contributed by atoms with Crippen molar-refractivity contribution >= 4 is 5.97 Å². The second kappa shape index (κ2) is 6.50. The zero-order valence-electron chi connectivity index (χ0n) is 7.68. The van der Waals surface area contributed by atoms with E-state index in [9.17, 15) is 4.79 Å². The average molecular weight is 206 g/mol. The number of aliphatic hydroxyl groups is 3. The normalized spacial score (nSPS) is 11.1. The number of aliphatic hydroxyl groups excluding tert-OH is 3. The quantitative estimate of drug-likeness (QED) is 0.269. The molecule has 0 saturated carbocycles. The highest BCUT2D eigenvalue weighted by atomic mass is 17.2. The van der Waals surface area contributed by atoms with E-state index in [4.69, 9.17) is 15.3 Å². The molecule has 0 radical (unpaired) electrons. The summed E-state index contributed by atoms with van der Waals surface area (Å²) in [5.74, 6) is -0.785. The predicted octanol–water partition coefficient (Wildman–Crippen LogP) is -1.39. The van der Waals surface area contributed by atoms with Gasteiger partial charge < -0.3 is 15.3 Å². The third-order valence-electron chi connectivity index (χ3n) is 1.68. The molecule has 3 N–H and O–H groups in total. The van der Waals surface area contributed by atoms with Crippen LogP contribution in [0, 0.1) is 5.41 Å². The van der Waals surface area contributed by atoms with Crippen LogP contribution in [-0.4, -0.2) is 47.7 Å². The predicted molar refractivity (Wildman–Crippen MR) is 45.9 cm³/mol. The van der Waals surface area contributed by atoms with Gasteiger partial charge in [-0.2, -0.15) is 4.89 Å². The van der Waals surface area contributed by atoms with Gasteiger partial charge >= 0.3 is 5.97 Å². The van der Waals surface area contributed by atoms with Crippen LogP contribution in [0.5, 0.6) is 0 Å². The number of rotatable bonds is 7. The molecule has 0 amide bonds. The summed E-state index contributed by atoms with van der Waals surface area (Å²) in [4.78, 5) is 19.1. The largest absolute Gasteiger partial charge is 0.396 e. The Labute approximate surface area is 81.3 Å². The lowest BCUT2D eigenvalue weighted by Crippen LogP contribution is -2.38. The molecule has 0 rings (SSSR count). The fourth-order valence-corrected chi connectivity index (χ4v) is 0.533. The van der Waals surface area contributed by atoms with Crippen LogP contribution in [0.4, 0.5) is 0 Å². The summed E-state index contributed by atoms with van der Waals surface area (Å²) in [6, 6.07) is 0. The zero-order valence-corrected chi connectivity index (χ0v) is 7.68. The number of carbonyl (C=O) groups excluding carboxylic acids is 1. The number of carbonyl (C=O) groups is 1. The minimum Gasteiger partial charge on any atom is -0.396 e. The van der Waals surface area contributed by atoms with E-state index in [0.29, 0.717) is 0 Å². The first-order valence-corrected chi connectivity index (χ1v) is 3.92. The fraction of sp³-hybridized carbons (Fsp3) is 0.625. The van der Waals surface area contributed by atoms with Gasteiger partial charge in [-0.1, -0.05) is 6.58 Å². The minimum absolute atomic E-state index is 0.296. The molecule has 82 valence electrons. The topological polar surface area (TPSA) is 96.2 Å². The molecule has 14 heavy (non-hydrogen) atoms. The standard InChI is InChI=1S/C8H14O6/c1-2-7(12)14-13-6-8(3-9,4-10)5-11/h2,9-11H,1,3-6H2. The molecule has 0 aromatic carbocycles. The molecule has 0 spiro atoms. The smallest absolute Gasteiger partial charge is 0.365 e. The van der Waals surface area contributed by atoms with Crippen molar-refractivity contribution in [3.8, 4) is 0 Å². The van der Waals surface area contributed by atoms with Crippen LogP contribution < -0.4 is 0 Å². The van der Waals surface area contributed by atoms with E-state index < -0.39 is 31.2 Å². The Balaban J connectivity index is 3.94. The second-order valence-electron chi connectivity index (χ2n) is 2.84. The second-order valence-corrected chi connectivity index (χ2v) is 2.84. The van der Waals surface area contributed by atoms with Gasteiger partial charge in [-0.3, -0.25) is 4.89 Å². The van der Waals surface area contributed by atoms with Gasteiger partial charge in [0, 0.05) is 6.08 Å². The third-order valence-corrected chi connectivity index (χ3v) is 1.68. The minimum atomic E-state index is -1.21. The van der Waals surface area contributed by atoms with Gasteiger partial charge in [0.1, 0.15) is 6.61 Å². The van der Waals surface area contributed by atoms with Gasteiger partial charge in [0.15, 0.2) is 0 Å². The Hall–Kier alpha value is -0.950. The molecule has 0 aromatic heterocycles. The van der Waals surface area contributed by atoms with Crippen molar-refractivity contribution in [3.05, 3.63) is 12.7 Å². The summed E-state index contributed by atoms with van der Waals surface area (Å²) in [7, 11) is 0. The lowest BCUT2D eigenvalue weighted by Gasteiger charge is -2.25. The Morgan fingerprint density at radius 3 is 2.14 bits per heavy atom. The molecule has 0 heterocycles. The van der Waals surface area contributed by atoms with Crippen molar-refractivity contribution in [2.24, 2.45) is 5.41 Å². The van der Waals surface area contributed by atoms with Gasteiger partial charge in [-0.25, -0.2) is 4.79 Å². The number of hydrogen-bond donors (Lipinski definition) is 3. The Morgan fingerprint density at radius 1 is 1.29 bits per heavy atom. The lowest BCUT2D eigenvalue weighted by molar-refractivity contribution is -0.288. The zero-order chi connectivity index (χ0) is 11.0. The molecule has 0 saturated heterocycles.